The SMILES string of the molecule is CCc1nc2ccc(C(F)(F)F)cn2c1C(=O)Nc1cccnc1. The molecular formula is C16H13F3N4O. The molecule has 124 valence electrons. The van der Waals surface area contributed by atoms with Gasteiger partial charge in [-0.05, 0) is 30.7 Å². The molecule has 0 aliphatic rings. The molecule has 3 aromatic heterocycles. The fraction of sp³-hybridized carbons (Fsp3) is 0.188. The highest BCUT2D eigenvalue weighted by Crippen LogP contribution is 2.30. The Kier molecular flexibility index (Phi) is 3.96. The lowest BCUT2D eigenvalue weighted by Crippen LogP contribution is -2.17. The largest absolute Gasteiger partial charge is 0.417 e. The van der Waals surface area contributed by atoms with Gasteiger partial charge < -0.3 is 5.32 Å². The number of alkyl halides is 3. The second-order valence-electron chi connectivity index (χ2n) is 5.10. The summed E-state index contributed by atoms with van der Waals surface area (Å²) < 4.78 is 40.0. The Morgan fingerprint density at radius 3 is 2.71 bits per heavy atom. The number of imidazole rings is 1. The van der Waals surface area contributed by atoms with Crippen LogP contribution in [0.4, 0.5) is 18.9 Å². The number of anilines is 1. The maximum atomic E-state index is 12.9. The molecule has 5 nitrogen and oxygen atoms in total. The standard InChI is InChI=1S/C16H13F3N4O/c1-2-12-14(15(24)21-11-4-3-7-20-8-11)23-9-10(16(17,18)19)5-6-13(23)22-12/h3-9H,2H2,1H3,(H,21,24). The van der Waals surface area contributed by atoms with Crippen molar-refractivity contribution in [3.05, 3.63) is 59.8 Å². The Labute approximate surface area is 135 Å². The molecule has 24 heavy (non-hydrogen) atoms. The molecule has 0 fully saturated rings. The van der Waals surface area contributed by atoms with Crippen molar-refractivity contribution in [3.63, 3.8) is 0 Å². The van der Waals surface area contributed by atoms with Crippen LogP contribution >= 0.6 is 0 Å². The first-order valence-corrected chi connectivity index (χ1v) is 7.19. The highest BCUT2D eigenvalue weighted by atomic mass is 19.4. The van der Waals surface area contributed by atoms with Gasteiger partial charge in [-0.3, -0.25) is 14.2 Å². The predicted octanol–water partition coefficient (Wildman–Crippen LogP) is 3.56. The minimum absolute atomic E-state index is 0.0856. The van der Waals surface area contributed by atoms with Crippen LogP contribution in [0, 0.1) is 0 Å². The quantitative estimate of drug-likeness (QED) is 0.797. The van der Waals surface area contributed by atoms with Crippen LogP contribution in [0.5, 0.6) is 0 Å². The van der Waals surface area contributed by atoms with E-state index in [4.69, 9.17) is 0 Å². The molecule has 0 aromatic carbocycles. The summed E-state index contributed by atoms with van der Waals surface area (Å²) in [5.74, 6) is -0.535. The topological polar surface area (TPSA) is 59.3 Å². The van der Waals surface area contributed by atoms with Crippen LogP contribution in [0.1, 0.15) is 28.7 Å². The van der Waals surface area contributed by atoms with Gasteiger partial charge in [0.15, 0.2) is 0 Å². The molecule has 0 aliphatic carbocycles. The van der Waals surface area contributed by atoms with E-state index in [9.17, 15) is 18.0 Å². The second-order valence-corrected chi connectivity index (χ2v) is 5.10. The third-order valence-electron chi connectivity index (χ3n) is 3.49. The van der Waals surface area contributed by atoms with E-state index >= 15 is 0 Å². The molecule has 0 atom stereocenters. The number of hydrogen-bond acceptors (Lipinski definition) is 3. The zero-order chi connectivity index (χ0) is 17.3. The van der Waals surface area contributed by atoms with Crippen molar-refractivity contribution in [1.29, 1.82) is 0 Å². The number of nitrogens with zero attached hydrogens (tertiary/aromatic N) is 3. The molecule has 0 spiro atoms. The van der Waals surface area contributed by atoms with Gasteiger partial charge in [0.05, 0.1) is 23.1 Å². The zero-order valence-corrected chi connectivity index (χ0v) is 12.6. The Morgan fingerprint density at radius 1 is 1.29 bits per heavy atom. The minimum atomic E-state index is -4.50. The number of amides is 1. The van der Waals surface area contributed by atoms with Crippen molar-refractivity contribution in [1.82, 2.24) is 14.4 Å². The summed E-state index contributed by atoms with van der Waals surface area (Å²) in [7, 11) is 0. The number of hydrogen-bond donors (Lipinski definition) is 1. The van der Waals surface area contributed by atoms with Crippen LogP contribution in [0.2, 0.25) is 0 Å². The lowest BCUT2D eigenvalue weighted by atomic mass is 10.2. The summed E-state index contributed by atoms with van der Waals surface area (Å²) in [6.45, 7) is 1.79. The summed E-state index contributed by atoms with van der Waals surface area (Å²) in [5, 5.41) is 2.63. The predicted molar refractivity (Wildman–Crippen MR) is 81.8 cm³/mol. The Balaban J connectivity index is 2.09. The Morgan fingerprint density at radius 2 is 2.08 bits per heavy atom. The number of carbonyl (C=O) groups is 1. The number of halogens is 3. The monoisotopic (exact) mass is 334 g/mol. The average molecular weight is 334 g/mol. The van der Waals surface area contributed by atoms with E-state index < -0.39 is 17.6 Å². The molecule has 0 unspecified atom stereocenters. The summed E-state index contributed by atoms with van der Waals surface area (Å²) in [6.07, 6.45) is -0.189. The Hall–Kier alpha value is -2.90. The molecule has 0 bridgehead atoms. The van der Waals surface area contributed by atoms with Gasteiger partial charge in [-0.1, -0.05) is 6.92 Å². The van der Waals surface area contributed by atoms with E-state index in [-0.39, 0.29) is 11.3 Å². The first kappa shape index (κ1) is 16.0. The van der Waals surface area contributed by atoms with Crippen LogP contribution in [-0.2, 0) is 12.6 Å². The van der Waals surface area contributed by atoms with Crippen molar-refractivity contribution >= 4 is 17.2 Å². The third kappa shape index (κ3) is 2.94. The molecule has 0 saturated heterocycles. The molecule has 3 rings (SSSR count). The zero-order valence-electron chi connectivity index (χ0n) is 12.6. The van der Waals surface area contributed by atoms with Crippen molar-refractivity contribution in [2.24, 2.45) is 0 Å². The highest BCUT2D eigenvalue weighted by molar-refractivity contribution is 6.04. The number of fused-ring (bicyclic) bond motifs is 1. The lowest BCUT2D eigenvalue weighted by molar-refractivity contribution is -0.137. The van der Waals surface area contributed by atoms with E-state index in [0.29, 0.717) is 17.8 Å². The van der Waals surface area contributed by atoms with Crippen molar-refractivity contribution < 1.29 is 18.0 Å². The van der Waals surface area contributed by atoms with E-state index in [2.05, 4.69) is 15.3 Å². The maximum absolute atomic E-state index is 12.9. The van der Waals surface area contributed by atoms with Crippen LogP contribution in [0.15, 0.2) is 42.9 Å². The first-order chi connectivity index (χ1) is 11.4. The fourth-order valence-corrected chi connectivity index (χ4v) is 2.38. The number of nitrogens with one attached hydrogen (secondary N) is 1. The van der Waals surface area contributed by atoms with E-state index in [1.807, 2.05) is 0 Å². The normalized spacial score (nSPS) is 11.7. The highest BCUT2D eigenvalue weighted by Gasteiger charge is 2.31. The number of rotatable bonds is 3. The average Bonchev–Trinajstić information content (AvgIpc) is 2.92. The van der Waals surface area contributed by atoms with Gasteiger partial charge in [-0.2, -0.15) is 13.2 Å². The van der Waals surface area contributed by atoms with Crippen LogP contribution in [-0.4, -0.2) is 20.3 Å². The smallest absolute Gasteiger partial charge is 0.319 e. The van der Waals surface area contributed by atoms with Gasteiger partial charge in [0.1, 0.15) is 11.3 Å². The number of pyridine rings is 2. The number of carbonyl (C=O) groups excluding carboxylic acids is 1. The summed E-state index contributed by atoms with van der Waals surface area (Å²) in [5.41, 5.74) is 0.409. The summed E-state index contributed by atoms with van der Waals surface area (Å²) in [6, 6.07) is 5.49. The molecule has 8 heteroatoms. The third-order valence-corrected chi connectivity index (χ3v) is 3.49. The van der Waals surface area contributed by atoms with E-state index in [1.165, 1.54) is 16.7 Å². The summed E-state index contributed by atoms with van der Waals surface area (Å²) >= 11 is 0. The van der Waals surface area contributed by atoms with Gasteiger partial charge in [0, 0.05) is 12.4 Å². The van der Waals surface area contributed by atoms with Crippen LogP contribution < -0.4 is 5.32 Å². The number of aryl methyl sites for hydroxylation is 1. The van der Waals surface area contributed by atoms with Crippen molar-refractivity contribution in [2.45, 2.75) is 19.5 Å². The molecule has 0 radical (unpaired) electrons. The fourth-order valence-electron chi connectivity index (χ4n) is 2.38. The van der Waals surface area contributed by atoms with E-state index in [1.54, 1.807) is 25.3 Å². The molecular weight excluding hydrogens is 321 g/mol. The second kappa shape index (κ2) is 5.95. The Bertz CT molecular complexity index is 887. The van der Waals surface area contributed by atoms with Gasteiger partial charge in [-0.25, -0.2) is 4.98 Å². The lowest BCUT2D eigenvalue weighted by Gasteiger charge is -2.09. The molecule has 0 saturated carbocycles. The van der Waals surface area contributed by atoms with Crippen molar-refractivity contribution in [2.75, 3.05) is 5.32 Å². The van der Waals surface area contributed by atoms with Gasteiger partial charge >= 0.3 is 6.18 Å². The number of aromatic nitrogens is 3. The van der Waals surface area contributed by atoms with Crippen molar-refractivity contribution in [3.8, 4) is 0 Å². The molecule has 1 amide bonds. The molecule has 3 aromatic rings. The van der Waals surface area contributed by atoms with Gasteiger partial charge in [0.25, 0.3) is 5.91 Å². The molecule has 3 heterocycles. The maximum Gasteiger partial charge on any atom is 0.417 e. The minimum Gasteiger partial charge on any atom is -0.319 e. The van der Waals surface area contributed by atoms with Crippen LogP contribution in [0.3, 0.4) is 0 Å². The van der Waals surface area contributed by atoms with Gasteiger partial charge in [0.2, 0.25) is 0 Å². The van der Waals surface area contributed by atoms with E-state index in [0.717, 1.165) is 12.3 Å². The molecule has 0 aliphatic heterocycles. The van der Waals surface area contributed by atoms with Gasteiger partial charge in [-0.15, -0.1) is 0 Å². The van der Waals surface area contributed by atoms with Crippen LogP contribution in [0.25, 0.3) is 5.65 Å². The summed E-state index contributed by atoms with van der Waals surface area (Å²) in [4.78, 5) is 20.7. The first-order valence-electron chi connectivity index (χ1n) is 7.19. The molecule has 1 N–H and O–H groups in total.